The number of hydrogen-bond acceptors (Lipinski definition) is 1. The molecule has 0 bridgehead atoms. The van der Waals surface area contributed by atoms with Gasteiger partial charge in [-0.25, -0.2) is 0 Å². The van der Waals surface area contributed by atoms with Crippen LogP contribution in [0.15, 0.2) is 22.8 Å². The van der Waals surface area contributed by atoms with Crippen LogP contribution in [-0.2, 0) is 0 Å². The van der Waals surface area contributed by atoms with E-state index in [1.165, 1.54) is 44.9 Å². The number of hydrogen-bond donors (Lipinski definition) is 1. The largest absolute Gasteiger partial charge is 0.389 e. The molecule has 0 saturated heterocycles. The SMILES string of the molecule is CC(C)=C1CCC2C3CCC4=CC(O)CCC4(C)C3CCC12C. The van der Waals surface area contributed by atoms with Crippen molar-refractivity contribution in [3.05, 3.63) is 22.8 Å². The fourth-order valence-corrected chi connectivity index (χ4v) is 7.34. The second kappa shape index (κ2) is 5.22. The molecule has 0 spiro atoms. The molecule has 0 heterocycles. The Balaban J connectivity index is 1.69. The summed E-state index contributed by atoms with van der Waals surface area (Å²) in [6.07, 6.45) is 12.4. The lowest BCUT2D eigenvalue weighted by Crippen LogP contribution is -2.49. The molecule has 4 aliphatic carbocycles. The molecule has 1 N–H and O–H groups in total. The topological polar surface area (TPSA) is 20.2 Å². The lowest BCUT2D eigenvalue weighted by Gasteiger charge is -2.58. The van der Waals surface area contributed by atoms with Gasteiger partial charge < -0.3 is 5.11 Å². The summed E-state index contributed by atoms with van der Waals surface area (Å²) in [6.45, 7) is 9.78. The minimum Gasteiger partial charge on any atom is -0.389 e. The van der Waals surface area contributed by atoms with Gasteiger partial charge in [0.05, 0.1) is 6.10 Å². The third-order valence-electron chi connectivity index (χ3n) is 8.48. The van der Waals surface area contributed by atoms with Crippen LogP contribution >= 0.6 is 0 Å². The maximum atomic E-state index is 10.1. The third kappa shape index (κ3) is 2.15. The van der Waals surface area contributed by atoms with Crippen LogP contribution in [-0.4, -0.2) is 11.2 Å². The molecule has 128 valence electrons. The summed E-state index contributed by atoms with van der Waals surface area (Å²) in [4.78, 5) is 0. The molecule has 1 nitrogen and oxygen atoms in total. The number of aliphatic hydroxyl groups excluding tert-OH is 1. The van der Waals surface area contributed by atoms with E-state index >= 15 is 0 Å². The van der Waals surface area contributed by atoms with E-state index in [0.717, 1.165) is 24.2 Å². The maximum absolute atomic E-state index is 10.1. The van der Waals surface area contributed by atoms with Gasteiger partial charge in [0.15, 0.2) is 0 Å². The standard InChI is InChI=1S/C22H34O/c1-14(2)18-7-8-19-17-6-5-15-13-16(23)9-11-21(15,3)20(17)10-12-22(18,19)4/h13,16-17,19-20,23H,5-12H2,1-4H3. The van der Waals surface area contributed by atoms with Crippen molar-refractivity contribution in [3.63, 3.8) is 0 Å². The number of allylic oxidation sites excluding steroid dienone is 3. The lowest BCUT2D eigenvalue weighted by atomic mass is 9.47. The normalized spacial score (nSPS) is 49.1. The predicted molar refractivity (Wildman–Crippen MR) is 96.1 cm³/mol. The Bertz CT molecular complexity index is 567. The van der Waals surface area contributed by atoms with Crippen LogP contribution in [0.3, 0.4) is 0 Å². The van der Waals surface area contributed by atoms with Gasteiger partial charge in [0, 0.05) is 0 Å². The fourth-order valence-electron chi connectivity index (χ4n) is 7.34. The molecule has 6 unspecified atom stereocenters. The van der Waals surface area contributed by atoms with Crippen molar-refractivity contribution in [3.8, 4) is 0 Å². The van der Waals surface area contributed by atoms with E-state index in [1.807, 2.05) is 0 Å². The molecule has 0 radical (unpaired) electrons. The van der Waals surface area contributed by atoms with Crippen LogP contribution < -0.4 is 0 Å². The first-order valence-electron chi connectivity index (χ1n) is 9.92. The Labute approximate surface area is 142 Å². The summed E-state index contributed by atoms with van der Waals surface area (Å²) in [7, 11) is 0. The van der Waals surface area contributed by atoms with Crippen LogP contribution in [0.2, 0.25) is 0 Å². The zero-order chi connectivity index (χ0) is 16.4. The van der Waals surface area contributed by atoms with E-state index < -0.39 is 0 Å². The van der Waals surface area contributed by atoms with Gasteiger partial charge in [0.25, 0.3) is 0 Å². The van der Waals surface area contributed by atoms with Crippen molar-refractivity contribution >= 4 is 0 Å². The summed E-state index contributed by atoms with van der Waals surface area (Å²) in [5.41, 5.74) is 5.87. The Hall–Kier alpha value is -0.560. The van der Waals surface area contributed by atoms with Gasteiger partial charge in [0.2, 0.25) is 0 Å². The summed E-state index contributed by atoms with van der Waals surface area (Å²) in [6, 6.07) is 0. The van der Waals surface area contributed by atoms with Crippen LogP contribution in [0.5, 0.6) is 0 Å². The first-order valence-corrected chi connectivity index (χ1v) is 9.92. The van der Waals surface area contributed by atoms with Gasteiger partial charge in [-0.2, -0.15) is 0 Å². The molecule has 0 aromatic rings. The summed E-state index contributed by atoms with van der Waals surface area (Å²) < 4.78 is 0. The molecule has 4 rings (SSSR count). The monoisotopic (exact) mass is 314 g/mol. The first kappa shape index (κ1) is 15.9. The number of fused-ring (bicyclic) bond motifs is 5. The van der Waals surface area contributed by atoms with Crippen molar-refractivity contribution in [1.29, 1.82) is 0 Å². The zero-order valence-corrected chi connectivity index (χ0v) is 15.5. The minimum absolute atomic E-state index is 0.174. The molecule has 0 aromatic heterocycles. The second-order valence-electron chi connectivity index (χ2n) is 9.60. The van der Waals surface area contributed by atoms with E-state index in [4.69, 9.17) is 0 Å². The van der Waals surface area contributed by atoms with E-state index in [-0.39, 0.29) is 6.10 Å². The van der Waals surface area contributed by atoms with E-state index in [1.54, 1.807) is 16.7 Å². The van der Waals surface area contributed by atoms with Gasteiger partial charge in [-0.05, 0) is 93.8 Å². The van der Waals surface area contributed by atoms with Gasteiger partial charge in [-0.1, -0.05) is 36.6 Å². The Morgan fingerprint density at radius 2 is 1.65 bits per heavy atom. The Kier molecular flexibility index (Phi) is 3.61. The summed E-state index contributed by atoms with van der Waals surface area (Å²) in [5, 5.41) is 10.1. The average molecular weight is 315 g/mol. The van der Waals surface area contributed by atoms with Crippen molar-refractivity contribution in [2.24, 2.45) is 28.6 Å². The van der Waals surface area contributed by atoms with Gasteiger partial charge in [-0.15, -0.1) is 0 Å². The molecule has 0 aromatic carbocycles. The highest BCUT2D eigenvalue weighted by molar-refractivity contribution is 5.30. The van der Waals surface area contributed by atoms with Crippen molar-refractivity contribution in [1.82, 2.24) is 0 Å². The van der Waals surface area contributed by atoms with Crippen LogP contribution in [0.1, 0.15) is 79.1 Å². The average Bonchev–Trinajstić information content (AvgIpc) is 2.85. The second-order valence-corrected chi connectivity index (χ2v) is 9.60. The highest BCUT2D eigenvalue weighted by Gasteiger charge is 2.57. The fraction of sp³-hybridized carbons (Fsp3) is 0.818. The highest BCUT2D eigenvalue weighted by Crippen LogP contribution is 2.66. The molecular weight excluding hydrogens is 280 g/mol. The van der Waals surface area contributed by atoms with Gasteiger partial charge in [-0.3, -0.25) is 0 Å². The van der Waals surface area contributed by atoms with Crippen LogP contribution in [0.25, 0.3) is 0 Å². The Morgan fingerprint density at radius 1 is 0.957 bits per heavy atom. The zero-order valence-electron chi connectivity index (χ0n) is 15.5. The quantitative estimate of drug-likeness (QED) is 0.573. The number of aliphatic hydroxyl groups is 1. The van der Waals surface area contributed by atoms with Crippen LogP contribution in [0, 0.1) is 28.6 Å². The first-order chi connectivity index (χ1) is 10.9. The molecule has 4 aliphatic rings. The van der Waals surface area contributed by atoms with Gasteiger partial charge >= 0.3 is 0 Å². The molecule has 6 atom stereocenters. The molecule has 23 heavy (non-hydrogen) atoms. The van der Waals surface area contributed by atoms with E-state index in [0.29, 0.717) is 10.8 Å². The molecule has 3 saturated carbocycles. The predicted octanol–water partition coefficient (Wildman–Crippen LogP) is 5.65. The van der Waals surface area contributed by atoms with Crippen molar-refractivity contribution in [2.75, 3.05) is 0 Å². The lowest BCUT2D eigenvalue weighted by molar-refractivity contribution is -0.0316. The summed E-state index contributed by atoms with van der Waals surface area (Å²) in [5.74, 6) is 2.70. The molecule has 3 fully saturated rings. The minimum atomic E-state index is -0.174. The third-order valence-corrected chi connectivity index (χ3v) is 8.48. The molecular formula is C22H34O. The van der Waals surface area contributed by atoms with Crippen molar-refractivity contribution < 1.29 is 5.11 Å². The van der Waals surface area contributed by atoms with E-state index in [9.17, 15) is 5.11 Å². The Morgan fingerprint density at radius 3 is 2.39 bits per heavy atom. The maximum Gasteiger partial charge on any atom is 0.0724 e. The van der Waals surface area contributed by atoms with Crippen LogP contribution in [0.4, 0.5) is 0 Å². The van der Waals surface area contributed by atoms with Gasteiger partial charge in [0.1, 0.15) is 0 Å². The smallest absolute Gasteiger partial charge is 0.0724 e. The highest BCUT2D eigenvalue weighted by atomic mass is 16.3. The molecule has 0 aliphatic heterocycles. The van der Waals surface area contributed by atoms with Crippen molar-refractivity contribution in [2.45, 2.75) is 85.2 Å². The molecule has 0 amide bonds. The summed E-state index contributed by atoms with van der Waals surface area (Å²) >= 11 is 0. The van der Waals surface area contributed by atoms with E-state index in [2.05, 4.69) is 33.8 Å². The number of rotatable bonds is 0. The molecule has 1 heteroatoms.